The minimum absolute atomic E-state index is 0.00900. The number of hydrogen-bond acceptors (Lipinski definition) is 7. The Morgan fingerprint density at radius 1 is 1.19 bits per heavy atom. The van der Waals surface area contributed by atoms with Crippen LogP contribution >= 0.6 is 0 Å². The fraction of sp³-hybridized carbons (Fsp3) is 0.292. The predicted octanol–water partition coefficient (Wildman–Crippen LogP) is 3.70. The van der Waals surface area contributed by atoms with Gasteiger partial charge >= 0.3 is 0 Å². The van der Waals surface area contributed by atoms with Crippen molar-refractivity contribution in [2.75, 3.05) is 37.2 Å². The van der Waals surface area contributed by atoms with Crippen molar-refractivity contribution in [3.05, 3.63) is 48.2 Å². The van der Waals surface area contributed by atoms with E-state index in [1.165, 1.54) is 0 Å². The summed E-state index contributed by atoms with van der Waals surface area (Å²) in [5.74, 6) is 1.93. The number of methoxy groups -OCH3 is 1. The van der Waals surface area contributed by atoms with Crippen LogP contribution in [0.3, 0.4) is 0 Å². The number of fused-ring (bicyclic) bond motifs is 2. The molecule has 5 rings (SSSR count). The maximum atomic E-state index is 12.8. The van der Waals surface area contributed by atoms with Gasteiger partial charge in [-0.1, -0.05) is 0 Å². The molecule has 1 aromatic heterocycles. The van der Waals surface area contributed by atoms with Crippen molar-refractivity contribution in [1.82, 2.24) is 4.98 Å². The molecule has 32 heavy (non-hydrogen) atoms. The van der Waals surface area contributed by atoms with E-state index in [1.807, 2.05) is 24.3 Å². The number of aromatic nitrogens is 1. The summed E-state index contributed by atoms with van der Waals surface area (Å²) in [6.07, 6.45) is 2.99. The maximum Gasteiger partial charge on any atom is 0.231 e. The van der Waals surface area contributed by atoms with Crippen LogP contribution in [-0.2, 0) is 4.79 Å². The van der Waals surface area contributed by atoms with Gasteiger partial charge in [-0.25, -0.2) is 0 Å². The van der Waals surface area contributed by atoms with Crippen LogP contribution in [0.25, 0.3) is 10.9 Å². The molecule has 0 spiro atoms. The Morgan fingerprint density at radius 3 is 2.78 bits per heavy atom. The van der Waals surface area contributed by atoms with Crippen LogP contribution in [0.1, 0.15) is 18.4 Å². The average Bonchev–Trinajstić information content (AvgIpc) is 3.31. The second-order valence-electron chi connectivity index (χ2n) is 7.83. The van der Waals surface area contributed by atoms with Gasteiger partial charge in [-0.3, -0.25) is 9.78 Å². The number of carbonyl (C=O) groups is 1. The van der Waals surface area contributed by atoms with Gasteiger partial charge in [0.05, 0.1) is 23.9 Å². The zero-order valence-corrected chi connectivity index (χ0v) is 17.6. The summed E-state index contributed by atoms with van der Waals surface area (Å²) in [6.45, 7) is 1.54. The van der Waals surface area contributed by atoms with E-state index in [-0.39, 0.29) is 18.6 Å². The number of nitriles is 1. The van der Waals surface area contributed by atoms with Gasteiger partial charge < -0.3 is 24.4 Å². The summed E-state index contributed by atoms with van der Waals surface area (Å²) in [6, 6.07) is 13.3. The number of hydrogen-bond donors (Lipinski definition) is 1. The number of anilines is 2. The van der Waals surface area contributed by atoms with Gasteiger partial charge in [0.2, 0.25) is 12.7 Å². The fourth-order valence-corrected chi connectivity index (χ4v) is 4.29. The Morgan fingerprint density at radius 2 is 2.00 bits per heavy atom. The average molecular weight is 430 g/mol. The van der Waals surface area contributed by atoms with Crippen molar-refractivity contribution in [3.8, 4) is 23.3 Å². The third-order valence-corrected chi connectivity index (χ3v) is 5.99. The topological polar surface area (TPSA) is 96.7 Å². The SMILES string of the molecule is COc1ccc2ncc(C#N)c(N3CCC(C(=O)Nc4ccc5c(c4)OCO5)CC3)c2c1. The van der Waals surface area contributed by atoms with Gasteiger partial charge in [0, 0.05) is 42.3 Å². The third kappa shape index (κ3) is 3.62. The van der Waals surface area contributed by atoms with Gasteiger partial charge in [0.25, 0.3) is 0 Å². The number of piperidine rings is 1. The summed E-state index contributed by atoms with van der Waals surface area (Å²) in [5.41, 5.74) is 2.88. The molecule has 0 unspecified atom stereocenters. The molecular formula is C24H22N4O4. The number of rotatable bonds is 4. The first-order valence-electron chi connectivity index (χ1n) is 10.5. The minimum atomic E-state index is -0.107. The van der Waals surface area contributed by atoms with Crippen LogP contribution in [0.5, 0.6) is 17.2 Å². The molecule has 1 fully saturated rings. The molecule has 8 nitrogen and oxygen atoms in total. The van der Waals surface area contributed by atoms with E-state index in [0.29, 0.717) is 54.4 Å². The molecule has 1 amide bonds. The Labute approximate surface area is 185 Å². The van der Waals surface area contributed by atoms with E-state index in [4.69, 9.17) is 14.2 Å². The van der Waals surface area contributed by atoms with Crippen LogP contribution in [0.15, 0.2) is 42.6 Å². The zero-order chi connectivity index (χ0) is 22.1. The van der Waals surface area contributed by atoms with Gasteiger partial charge in [0.15, 0.2) is 11.5 Å². The first-order chi connectivity index (χ1) is 15.7. The number of amides is 1. The normalized spacial score (nSPS) is 15.4. The molecule has 2 aliphatic rings. The largest absolute Gasteiger partial charge is 0.497 e. The molecule has 2 aliphatic heterocycles. The molecular weight excluding hydrogens is 408 g/mol. The lowest BCUT2D eigenvalue weighted by atomic mass is 9.94. The lowest BCUT2D eigenvalue weighted by Gasteiger charge is -2.34. The van der Waals surface area contributed by atoms with Crippen LogP contribution in [0.2, 0.25) is 0 Å². The second-order valence-corrected chi connectivity index (χ2v) is 7.83. The molecule has 162 valence electrons. The van der Waals surface area contributed by atoms with Gasteiger partial charge in [-0.15, -0.1) is 0 Å². The standard InChI is InChI=1S/C24H22N4O4/c1-30-18-3-4-20-19(11-18)23(16(12-25)13-26-20)28-8-6-15(7-9-28)24(29)27-17-2-5-21-22(10-17)32-14-31-21/h2-5,10-11,13,15H,6-9,14H2,1H3,(H,27,29). The summed E-state index contributed by atoms with van der Waals surface area (Å²) in [5, 5.41) is 13.5. The van der Waals surface area contributed by atoms with Crippen LogP contribution < -0.4 is 24.4 Å². The van der Waals surface area contributed by atoms with Crippen molar-refractivity contribution in [3.63, 3.8) is 0 Å². The molecule has 0 radical (unpaired) electrons. The molecule has 1 N–H and O–H groups in total. The maximum absolute atomic E-state index is 12.8. The molecule has 3 aromatic rings. The smallest absolute Gasteiger partial charge is 0.231 e. The minimum Gasteiger partial charge on any atom is -0.497 e. The van der Waals surface area contributed by atoms with Crippen LogP contribution in [0.4, 0.5) is 11.4 Å². The van der Waals surface area contributed by atoms with Crippen molar-refractivity contribution in [1.29, 1.82) is 5.26 Å². The third-order valence-electron chi connectivity index (χ3n) is 5.99. The van der Waals surface area contributed by atoms with E-state index in [9.17, 15) is 10.1 Å². The summed E-state index contributed by atoms with van der Waals surface area (Å²) in [4.78, 5) is 19.4. The molecule has 0 saturated carbocycles. The number of carbonyl (C=O) groups excluding carboxylic acids is 1. The quantitative estimate of drug-likeness (QED) is 0.674. The molecule has 0 aliphatic carbocycles. The molecule has 0 atom stereocenters. The van der Waals surface area contributed by atoms with Crippen molar-refractivity contribution in [2.24, 2.45) is 5.92 Å². The Kier molecular flexibility index (Phi) is 5.15. The highest BCUT2D eigenvalue weighted by Gasteiger charge is 2.28. The second kappa shape index (κ2) is 8.27. The van der Waals surface area contributed by atoms with Gasteiger partial charge in [-0.05, 0) is 43.2 Å². The van der Waals surface area contributed by atoms with Crippen molar-refractivity contribution < 1.29 is 19.0 Å². The number of benzene rings is 2. The molecule has 0 bridgehead atoms. The Bertz CT molecular complexity index is 1230. The van der Waals surface area contributed by atoms with E-state index in [2.05, 4.69) is 21.3 Å². The summed E-state index contributed by atoms with van der Waals surface area (Å²) >= 11 is 0. The van der Waals surface area contributed by atoms with E-state index < -0.39 is 0 Å². The van der Waals surface area contributed by atoms with E-state index >= 15 is 0 Å². The first kappa shape index (κ1) is 19.9. The Balaban J connectivity index is 1.32. The van der Waals surface area contributed by atoms with E-state index in [1.54, 1.807) is 25.4 Å². The number of nitrogens with one attached hydrogen (secondary N) is 1. The molecule has 8 heteroatoms. The zero-order valence-electron chi connectivity index (χ0n) is 17.6. The number of pyridine rings is 1. The predicted molar refractivity (Wildman–Crippen MR) is 119 cm³/mol. The fourth-order valence-electron chi connectivity index (χ4n) is 4.29. The van der Waals surface area contributed by atoms with Gasteiger partial charge in [0.1, 0.15) is 11.8 Å². The number of ether oxygens (including phenoxy) is 3. The highest BCUT2D eigenvalue weighted by Crippen LogP contribution is 2.36. The highest BCUT2D eigenvalue weighted by atomic mass is 16.7. The number of nitrogens with zero attached hydrogens (tertiary/aromatic N) is 3. The van der Waals surface area contributed by atoms with Crippen molar-refractivity contribution >= 4 is 28.2 Å². The lowest BCUT2D eigenvalue weighted by molar-refractivity contribution is -0.120. The first-order valence-corrected chi connectivity index (χ1v) is 10.5. The highest BCUT2D eigenvalue weighted by molar-refractivity contribution is 5.96. The van der Waals surface area contributed by atoms with E-state index in [0.717, 1.165) is 16.6 Å². The summed E-state index contributed by atoms with van der Waals surface area (Å²) < 4.78 is 16.1. The van der Waals surface area contributed by atoms with Gasteiger partial charge in [-0.2, -0.15) is 5.26 Å². The Hall–Kier alpha value is -3.99. The molecule has 1 saturated heterocycles. The molecule has 2 aromatic carbocycles. The van der Waals surface area contributed by atoms with Crippen molar-refractivity contribution in [2.45, 2.75) is 12.8 Å². The summed E-state index contributed by atoms with van der Waals surface area (Å²) in [7, 11) is 1.62. The molecule has 3 heterocycles. The monoisotopic (exact) mass is 430 g/mol. The lowest BCUT2D eigenvalue weighted by Crippen LogP contribution is -2.38. The van der Waals surface area contributed by atoms with Crippen LogP contribution in [0, 0.1) is 17.2 Å². The van der Waals surface area contributed by atoms with Crippen LogP contribution in [-0.4, -0.2) is 37.9 Å².